The summed E-state index contributed by atoms with van der Waals surface area (Å²) in [6.07, 6.45) is 0. The van der Waals surface area contributed by atoms with Crippen molar-refractivity contribution in [1.82, 2.24) is 5.32 Å². The van der Waals surface area contributed by atoms with Crippen LogP contribution >= 0.6 is 11.6 Å². The summed E-state index contributed by atoms with van der Waals surface area (Å²) in [4.78, 5) is 25.1. The number of hydrogen-bond donors (Lipinski definition) is 2. The van der Waals surface area contributed by atoms with Crippen molar-refractivity contribution in [3.8, 4) is 0 Å². The van der Waals surface area contributed by atoms with Crippen LogP contribution in [0.1, 0.15) is 35.3 Å². The Morgan fingerprint density at radius 2 is 1.64 bits per heavy atom. The van der Waals surface area contributed by atoms with Gasteiger partial charge in [-0.2, -0.15) is 0 Å². The molecule has 0 spiro atoms. The lowest BCUT2D eigenvalue weighted by Crippen LogP contribution is -2.47. The summed E-state index contributed by atoms with van der Waals surface area (Å²) < 4.78 is 0. The number of benzene rings is 2. The second kappa shape index (κ2) is 8.17. The lowest BCUT2D eigenvalue weighted by atomic mass is 10.0. The Hall–Kier alpha value is -2.33. The maximum Gasteiger partial charge on any atom is 0.251 e. The number of aryl methyl sites for hydroxylation is 2. The second-order valence-electron chi connectivity index (χ2n) is 6.51. The van der Waals surface area contributed by atoms with Crippen LogP contribution < -0.4 is 10.6 Å². The standard InChI is InChI=1S/C20H23ClN2O2/c1-12(2)18(23-19(24)15-7-5-13(3)6-8-15)20(25)22-17-10-9-16(21)11-14(17)4/h5-12,18H,1-4H3,(H,22,25)(H,23,24). The summed E-state index contributed by atoms with van der Waals surface area (Å²) in [6, 6.07) is 11.9. The van der Waals surface area contributed by atoms with Gasteiger partial charge >= 0.3 is 0 Å². The van der Waals surface area contributed by atoms with Gasteiger partial charge in [0.05, 0.1) is 0 Å². The zero-order valence-electron chi connectivity index (χ0n) is 14.9. The van der Waals surface area contributed by atoms with Gasteiger partial charge in [0.25, 0.3) is 5.91 Å². The van der Waals surface area contributed by atoms with Crippen molar-refractivity contribution < 1.29 is 9.59 Å². The van der Waals surface area contributed by atoms with E-state index in [9.17, 15) is 9.59 Å². The van der Waals surface area contributed by atoms with Crippen LogP contribution in [0.15, 0.2) is 42.5 Å². The third-order valence-electron chi connectivity index (χ3n) is 4.00. The molecule has 0 aliphatic carbocycles. The summed E-state index contributed by atoms with van der Waals surface area (Å²) in [6.45, 7) is 7.63. The van der Waals surface area contributed by atoms with Crippen LogP contribution in [0, 0.1) is 19.8 Å². The van der Waals surface area contributed by atoms with E-state index in [0.29, 0.717) is 16.3 Å². The smallest absolute Gasteiger partial charge is 0.251 e. The summed E-state index contributed by atoms with van der Waals surface area (Å²) >= 11 is 5.94. The topological polar surface area (TPSA) is 58.2 Å². The van der Waals surface area contributed by atoms with Crippen molar-refractivity contribution >= 4 is 29.1 Å². The van der Waals surface area contributed by atoms with Crippen LogP contribution in [-0.4, -0.2) is 17.9 Å². The number of hydrogen-bond acceptors (Lipinski definition) is 2. The maximum atomic E-state index is 12.7. The molecule has 0 bridgehead atoms. The second-order valence-corrected chi connectivity index (χ2v) is 6.95. The molecule has 132 valence electrons. The molecule has 2 aromatic rings. The highest BCUT2D eigenvalue weighted by molar-refractivity contribution is 6.30. The molecule has 0 radical (unpaired) electrons. The molecule has 0 aliphatic heterocycles. The van der Waals surface area contributed by atoms with Gasteiger partial charge < -0.3 is 10.6 Å². The average Bonchev–Trinajstić information content (AvgIpc) is 2.55. The molecule has 4 nitrogen and oxygen atoms in total. The number of nitrogens with one attached hydrogen (secondary N) is 2. The fraction of sp³-hybridized carbons (Fsp3) is 0.300. The summed E-state index contributed by atoms with van der Waals surface area (Å²) in [7, 11) is 0. The normalized spacial score (nSPS) is 11.9. The molecule has 0 heterocycles. The van der Waals surface area contributed by atoms with Crippen LogP contribution in [0.5, 0.6) is 0 Å². The van der Waals surface area contributed by atoms with Gasteiger partial charge in [-0.1, -0.05) is 43.1 Å². The molecular weight excluding hydrogens is 336 g/mol. The monoisotopic (exact) mass is 358 g/mol. The van der Waals surface area contributed by atoms with Gasteiger partial charge in [0.15, 0.2) is 0 Å². The molecule has 2 aromatic carbocycles. The van der Waals surface area contributed by atoms with E-state index in [-0.39, 0.29) is 17.7 Å². The van der Waals surface area contributed by atoms with Gasteiger partial charge in [0.2, 0.25) is 5.91 Å². The molecular formula is C20H23ClN2O2. The Morgan fingerprint density at radius 3 is 2.20 bits per heavy atom. The molecule has 25 heavy (non-hydrogen) atoms. The number of carbonyl (C=O) groups excluding carboxylic acids is 2. The van der Waals surface area contributed by atoms with Crippen LogP contribution in [0.4, 0.5) is 5.69 Å². The molecule has 0 aromatic heterocycles. The molecule has 0 aliphatic rings. The van der Waals surface area contributed by atoms with Gasteiger partial charge in [-0.3, -0.25) is 9.59 Å². The molecule has 2 rings (SSSR count). The summed E-state index contributed by atoms with van der Waals surface area (Å²) in [5.41, 5.74) is 3.16. The molecule has 2 N–H and O–H groups in total. The Bertz CT molecular complexity index is 770. The minimum Gasteiger partial charge on any atom is -0.340 e. The van der Waals surface area contributed by atoms with Crippen molar-refractivity contribution in [2.24, 2.45) is 5.92 Å². The van der Waals surface area contributed by atoms with Crippen molar-refractivity contribution in [2.45, 2.75) is 33.7 Å². The fourth-order valence-corrected chi connectivity index (χ4v) is 2.67. The van der Waals surface area contributed by atoms with Crippen LogP contribution in [-0.2, 0) is 4.79 Å². The van der Waals surface area contributed by atoms with E-state index >= 15 is 0 Å². The molecule has 1 atom stereocenters. The van der Waals surface area contributed by atoms with E-state index in [4.69, 9.17) is 11.6 Å². The first-order chi connectivity index (χ1) is 11.8. The Labute approximate surface area is 153 Å². The predicted molar refractivity (Wildman–Crippen MR) is 102 cm³/mol. The highest BCUT2D eigenvalue weighted by Gasteiger charge is 2.25. The lowest BCUT2D eigenvalue weighted by Gasteiger charge is -2.22. The molecule has 0 fully saturated rings. The van der Waals surface area contributed by atoms with E-state index in [2.05, 4.69) is 10.6 Å². The first kappa shape index (κ1) is 19.0. The van der Waals surface area contributed by atoms with E-state index < -0.39 is 6.04 Å². The van der Waals surface area contributed by atoms with E-state index in [1.165, 1.54) is 0 Å². The van der Waals surface area contributed by atoms with Gasteiger partial charge in [-0.05, 0) is 55.7 Å². The SMILES string of the molecule is Cc1ccc(C(=O)NC(C(=O)Nc2ccc(Cl)cc2C)C(C)C)cc1. The molecule has 0 saturated heterocycles. The lowest BCUT2D eigenvalue weighted by molar-refractivity contribution is -0.118. The highest BCUT2D eigenvalue weighted by atomic mass is 35.5. The van der Waals surface area contributed by atoms with Crippen molar-refractivity contribution in [3.05, 3.63) is 64.2 Å². The Morgan fingerprint density at radius 1 is 1.00 bits per heavy atom. The van der Waals surface area contributed by atoms with Crippen molar-refractivity contribution in [1.29, 1.82) is 0 Å². The number of rotatable bonds is 5. The number of amides is 2. The van der Waals surface area contributed by atoms with E-state index in [1.54, 1.807) is 30.3 Å². The molecule has 5 heteroatoms. The Kier molecular flexibility index (Phi) is 6.21. The van der Waals surface area contributed by atoms with Crippen LogP contribution in [0.3, 0.4) is 0 Å². The molecule has 2 amide bonds. The van der Waals surface area contributed by atoms with Gasteiger partial charge in [0, 0.05) is 16.3 Å². The predicted octanol–water partition coefficient (Wildman–Crippen LogP) is 4.35. The van der Waals surface area contributed by atoms with Gasteiger partial charge in [0.1, 0.15) is 6.04 Å². The minimum atomic E-state index is -0.635. The summed E-state index contributed by atoms with van der Waals surface area (Å²) in [5, 5.41) is 6.31. The van der Waals surface area contributed by atoms with Gasteiger partial charge in [-0.25, -0.2) is 0 Å². The fourth-order valence-electron chi connectivity index (χ4n) is 2.44. The summed E-state index contributed by atoms with van der Waals surface area (Å²) in [5.74, 6) is -0.565. The van der Waals surface area contributed by atoms with Crippen molar-refractivity contribution in [3.63, 3.8) is 0 Å². The zero-order valence-corrected chi connectivity index (χ0v) is 15.6. The third kappa shape index (κ3) is 5.07. The zero-order chi connectivity index (χ0) is 18.6. The molecule has 1 unspecified atom stereocenters. The molecule has 0 saturated carbocycles. The Balaban J connectivity index is 2.12. The highest BCUT2D eigenvalue weighted by Crippen LogP contribution is 2.20. The van der Waals surface area contributed by atoms with Crippen LogP contribution in [0.2, 0.25) is 5.02 Å². The number of carbonyl (C=O) groups is 2. The van der Waals surface area contributed by atoms with E-state index in [0.717, 1.165) is 11.1 Å². The van der Waals surface area contributed by atoms with Gasteiger partial charge in [-0.15, -0.1) is 0 Å². The minimum absolute atomic E-state index is 0.0537. The number of halogens is 1. The third-order valence-corrected chi connectivity index (χ3v) is 4.23. The largest absolute Gasteiger partial charge is 0.340 e. The first-order valence-electron chi connectivity index (χ1n) is 8.22. The van der Waals surface area contributed by atoms with E-state index in [1.807, 2.05) is 39.8 Å². The van der Waals surface area contributed by atoms with Crippen LogP contribution in [0.25, 0.3) is 0 Å². The maximum absolute atomic E-state index is 12.7. The van der Waals surface area contributed by atoms with Crippen molar-refractivity contribution in [2.75, 3.05) is 5.32 Å². The quantitative estimate of drug-likeness (QED) is 0.834. The number of anilines is 1. The average molecular weight is 359 g/mol. The first-order valence-corrected chi connectivity index (χ1v) is 8.60.